The number of hydrogen-bond donors (Lipinski definition) is 3. The van der Waals surface area contributed by atoms with E-state index in [0.29, 0.717) is 18.9 Å². The zero-order valence-electron chi connectivity index (χ0n) is 13.7. The van der Waals surface area contributed by atoms with Crippen molar-refractivity contribution in [3.63, 3.8) is 0 Å². The molecular weight excluding hydrogens is 318 g/mol. The highest BCUT2D eigenvalue weighted by atomic mass is 19.1. The number of rotatable bonds is 6. The molecule has 3 N–H and O–H groups in total. The second-order valence-corrected chi connectivity index (χ2v) is 6.33. The predicted octanol–water partition coefficient (Wildman–Crippen LogP) is 2.58. The van der Waals surface area contributed by atoms with Crippen molar-refractivity contribution >= 4 is 6.03 Å². The van der Waals surface area contributed by atoms with Crippen LogP contribution in [0.4, 0.5) is 13.6 Å². The highest BCUT2D eigenvalue weighted by Gasteiger charge is 2.20. The molecule has 1 aliphatic carbocycles. The van der Waals surface area contributed by atoms with Crippen molar-refractivity contribution in [1.82, 2.24) is 10.6 Å². The molecule has 1 aromatic carbocycles. The average molecular weight is 342 g/mol. The molecule has 1 fully saturated rings. The average Bonchev–Trinajstić information content (AvgIpc) is 2.52. The number of urea groups is 1. The van der Waals surface area contributed by atoms with Crippen LogP contribution in [-0.2, 0) is 0 Å². The van der Waals surface area contributed by atoms with E-state index < -0.39 is 11.6 Å². The first-order valence-electron chi connectivity index (χ1n) is 8.24. The van der Waals surface area contributed by atoms with E-state index in [1.807, 2.05) is 0 Å². The molecule has 0 spiro atoms. The Labute approximate surface area is 140 Å². The molecule has 1 aliphatic rings. The Kier molecular flexibility index (Phi) is 6.78. The molecule has 3 unspecified atom stereocenters. The van der Waals surface area contributed by atoms with Crippen LogP contribution in [0.5, 0.6) is 5.75 Å². The van der Waals surface area contributed by atoms with Crippen LogP contribution in [0.25, 0.3) is 0 Å². The number of carbonyl (C=O) groups excluding carboxylic acids is 1. The lowest BCUT2D eigenvalue weighted by atomic mass is 9.87. The fourth-order valence-electron chi connectivity index (χ4n) is 2.81. The minimum Gasteiger partial charge on any atom is -0.488 e. The van der Waals surface area contributed by atoms with E-state index >= 15 is 0 Å². The summed E-state index contributed by atoms with van der Waals surface area (Å²) in [6, 6.07) is 2.41. The van der Waals surface area contributed by atoms with Crippen LogP contribution in [0.3, 0.4) is 0 Å². The molecule has 0 radical (unpaired) electrons. The lowest BCUT2D eigenvalue weighted by Crippen LogP contribution is -2.45. The van der Waals surface area contributed by atoms with Gasteiger partial charge in [0.2, 0.25) is 0 Å². The molecular formula is C17H24F2N2O3. The molecule has 0 bridgehead atoms. The Morgan fingerprint density at radius 1 is 1.42 bits per heavy atom. The molecule has 1 aromatic rings. The Balaban J connectivity index is 1.67. The summed E-state index contributed by atoms with van der Waals surface area (Å²) in [4.78, 5) is 11.8. The van der Waals surface area contributed by atoms with Crippen LogP contribution >= 0.6 is 0 Å². The minimum absolute atomic E-state index is 0.0540. The second kappa shape index (κ2) is 8.82. The van der Waals surface area contributed by atoms with Gasteiger partial charge in [-0.1, -0.05) is 6.42 Å². The third-order valence-electron chi connectivity index (χ3n) is 4.07. The van der Waals surface area contributed by atoms with Crippen molar-refractivity contribution < 1.29 is 23.4 Å². The van der Waals surface area contributed by atoms with Crippen molar-refractivity contribution in [3.05, 3.63) is 29.8 Å². The van der Waals surface area contributed by atoms with E-state index in [1.165, 1.54) is 6.07 Å². The van der Waals surface area contributed by atoms with Gasteiger partial charge in [-0.05, 0) is 44.2 Å². The van der Waals surface area contributed by atoms with Crippen molar-refractivity contribution in [2.75, 3.05) is 13.2 Å². The first kappa shape index (κ1) is 18.4. The smallest absolute Gasteiger partial charge is 0.315 e. The van der Waals surface area contributed by atoms with Gasteiger partial charge in [0.25, 0.3) is 0 Å². The summed E-state index contributed by atoms with van der Waals surface area (Å²) >= 11 is 0. The Morgan fingerprint density at radius 2 is 2.21 bits per heavy atom. The van der Waals surface area contributed by atoms with E-state index in [0.717, 1.165) is 31.4 Å². The first-order valence-corrected chi connectivity index (χ1v) is 8.24. The Hall–Kier alpha value is -1.89. The highest BCUT2D eigenvalue weighted by Crippen LogP contribution is 2.23. The van der Waals surface area contributed by atoms with Gasteiger partial charge in [0, 0.05) is 12.6 Å². The molecule has 0 heterocycles. The van der Waals surface area contributed by atoms with Crippen LogP contribution in [0.1, 0.15) is 32.6 Å². The molecule has 5 nitrogen and oxygen atoms in total. The van der Waals surface area contributed by atoms with Gasteiger partial charge in [0.1, 0.15) is 12.4 Å². The number of aliphatic hydroxyl groups excluding tert-OH is 1. The zero-order valence-corrected chi connectivity index (χ0v) is 13.7. The van der Waals surface area contributed by atoms with Crippen LogP contribution in [0.2, 0.25) is 0 Å². The van der Waals surface area contributed by atoms with Crippen molar-refractivity contribution in [1.29, 1.82) is 0 Å². The summed E-state index contributed by atoms with van der Waals surface area (Å²) in [6.07, 6.45) is 3.24. The SMILES string of the molecule is CC(COc1ccc(F)cc1F)NC(=O)NCC1CCCC(O)C1. The van der Waals surface area contributed by atoms with Gasteiger partial charge in [-0.15, -0.1) is 0 Å². The quantitative estimate of drug-likeness (QED) is 0.744. The number of benzene rings is 1. The fraction of sp³-hybridized carbons (Fsp3) is 0.588. The van der Waals surface area contributed by atoms with E-state index in [1.54, 1.807) is 6.92 Å². The second-order valence-electron chi connectivity index (χ2n) is 6.33. The number of ether oxygens (including phenoxy) is 1. The number of nitrogens with one attached hydrogen (secondary N) is 2. The summed E-state index contributed by atoms with van der Waals surface area (Å²) in [5, 5.41) is 15.1. The van der Waals surface area contributed by atoms with Gasteiger partial charge in [0.05, 0.1) is 12.1 Å². The van der Waals surface area contributed by atoms with E-state index in [4.69, 9.17) is 4.74 Å². The molecule has 134 valence electrons. The normalized spacial score (nSPS) is 21.8. The van der Waals surface area contributed by atoms with Gasteiger partial charge in [-0.2, -0.15) is 0 Å². The van der Waals surface area contributed by atoms with Crippen LogP contribution < -0.4 is 15.4 Å². The van der Waals surface area contributed by atoms with Gasteiger partial charge in [0.15, 0.2) is 11.6 Å². The molecule has 1 saturated carbocycles. The molecule has 0 aliphatic heterocycles. The van der Waals surface area contributed by atoms with Crippen LogP contribution in [-0.4, -0.2) is 36.4 Å². The lowest BCUT2D eigenvalue weighted by Gasteiger charge is -2.26. The summed E-state index contributed by atoms with van der Waals surface area (Å²) in [5.41, 5.74) is 0. The Morgan fingerprint density at radius 3 is 2.92 bits per heavy atom. The molecule has 0 saturated heterocycles. The maximum atomic E-state index is 13.4. The highest BCUT2D eigenvalue weighted by molar-refractivity contribution is 5.74. The molecule has 7 heteroatoms. The first-order chi connectivity index (χ1) is 11.4. The van der Waals surface area contributed by atoms with E-state index in [9.17, 15) is 18.7 Å². The number of amides is 2. The topological polar surface area (TPSA) is 70.6 Å². The predicted molar refractivity (Wildman–Crippen MR) is 85.8 cm³/mol. The number of aliphatic hydroxyl groups is 1. The van der Waals surface area contributed by atoms with E-state index in [2.05, 4.69) is 10.6 Å². The fourth-order valence-corrected chi connectivity index (χ4v) is 2.81. The largest absolute Gasteiger partial charge is 0.488 e. The van der Waals surface area contributed by atoms with Crippen LogP contribution in [0.15, 0.2) is 18.2 Å². The number of halogens is 2. The van der Waals surface area contributed by atoms with Gasteiger partial charge >= 0.3 is 6.03 Å². The third kappa shape index (κ3) is 5.96. The molecule has 2 amide bonds. The zero-order chi connectivity index (χ0) is 17.5. The molecule has 3 atom stereocenters. The minimum atomic E-state index is -0.775. The number of hydrogen-bond acceptors (Lipinski definition) is 3. The molecule has 2 rings (SSSR count). The van der Waals surface area contributed by atoms with E-state index in [-0.39, 0.29) is 30.5 Å². The molecule has 24 heavy (non-hydrogen) atoms. The third-order valence-corrected chi connectivity index (χ3v) is 4.07. The maximum absolute atomic E-state index is 13.4. The van der Waals surface area contributed by atoms with Gasteiger partial charge in [-0.3, -0.25) is 0 Å². The lowest BCUT2D eigenvalue weighted by molar-refractivity contribution is 0.101. The van der Waals surface area contributed by atoms with Crippen molar-refractivity contribution in [2.45, 2.75) is 44.8 Å². The summed E-state index contributed by atoms with van der Waals surface area (Å²) < 4.78 is 31.5. The Bertz CT molecular complexity index is 557. The summed E-state index contributed by atoms with van der Waals surface area (Å²) in [5.74, 6) is -1.21. The standard InChI is InChI=1S/C17H24F2N2O3/c1-11(10-24-16-6-5-13(18)8-15(16)19)21-17(23)20-9-12-3-2-4-14(22)7-12/h5-6,8,11-12,14,22H,2-4,7,9-10H2,1H3,(H2,20,21,23). The van der Waals surface area contributed by atoms with Gasteiger partial charge < -0.3 is 20.5 Å². The van der Waals surface area contributed by atoms with Gasteiger partial charge in [-0.25, -0.2) is 13.6 Å². The monoisotopic (exact) mass is 342 g/mol. The van der Waals surface area contributed by atoms with Crippen molar-refractivity contribution in [3.8, 4) is 5.75 Å². The number of carbonyl (C=O) groups is 1. The van der Waals surface area contributed by atoms with Crippen molar-refractivity contribution in [2.24, 2.45) is 5.92 Å². The van der Waals surface area contributed by atoms with Crippen LogP contribution in [0, 0.1) is 17.6 Å². The summed E-state index contributed by atoms with van der Waals surface area (Å²) in [7, 11) is 0. The molecule has 0 aromatic heterocycles. The summed E-state index contributed by atoms with van der Waals surface area (Å²) in [6.45, 7) is 2.31. The maximum Gasteiger partial charge on any atom is 0.315 e.